The summed E-state index contributed by atoms with van der Waals surface area (Å²) in [6, 6.07) is 0. The number of hydrogen-bond donors (Lipinski definition) is 0. The molecule has 0 fully saturated rings. The van der Waals surface area contributed by atoms with Gasteiger partial charge in [-0.3, -0.25) is 0 Å². The van der Waals surface area contributed by atoms with Gasteiger partial charge in [-0.25, -0.2) is 16.8 Å². The topological polar surface area (TPSA) is 114 Å². The van der Waals surface area contributed by atoms with Crippen molar-refractivity contribution in [2.24, 2.45) is 0 Å². The third-order valence-electron chi connectivity index (χ3n) is 5.00. The molecule has 0 saturated carbocycles. The largest absolute Gasteiger partial charge is 2.00 e. The Hall–Kier alpha value is 0.339. The van der Waals surface area contributed by atoms with E-state index >= 15 is 0 Å². The normalized spacial score (nSPS) is 11.5. The van der Waals surface area contributed by atoms with Gasteiger partial charge in [-0.1, -0.05) is 117 Å². The molecule has 6 nitrogen and oxygen atoms in total. The monoisotopic (exact) mass is 526 g/mol. The molecule has 31 heavy (non-hydrogen) atoms. The molecule has 0 heterocycles. The third-order valence-corrected chi connectivity index (χ3v) is 6.57. The fraction of sp³-hybridized carbons (Fsp3) is 1.00. The van der Waals surface area contributed by atoms with Crippen molar-refractivity contribution in [3.8, 4) is 0 Å². The van der Waals surface area contributed by atoms with Gasteiger partial charge >= 0.3 is 17.1 Å². The van der Waals surface area contributed by atoms with Crippen LogP contribution in [0.3, 0.4) is 0 Å². The van der Waals surface area contributed by atoms with E-state index in [0.717, 1.165) is 25.7 Å². The van der Waals surface area contributed by atoms with E-state index in [1.165, 1.54) is 77.0 Å². The molecule has 190 valence electrons. The van der Waals surface area contributed by atoms with Gasteiger partial charge in [0, 0.05) is 11.5 Å². The Morgan fingerprint density at radius 3 is 0.806 bits per heavy atom. The first-order chi connectivity index (χ1) is 14.1. The van der Waals surface area contributed by atoms with Crippen molar-refractivity contribution in [3.63, 3.8) is 0 Å². The van der Waals surface area contributed by atoms with Gasteiger partial charge in [-0.2, -0.15) is 0 Å². The van der Waals surface area contributed by atoms with E-state index in [9.17, 15) is 25.9 Å². The molecule has 0 aromatic carbocycles. The molecule has 0 radical (unpaired) electrons. The van der Waals surface area contributed by atoms with Gasteiger partial charge < -0.3 is 9.11 Å². The van der Waals surface area contributed by atoms with Crippen LogP contribution >= 0.6 is 0 Å². The maximum atomic E-state index is 10.3. The first-order valence-corrected chi connectivity index (χ1v) is 15.1. The van der Waals surface area contributed by atoms with Gasteiger partial charge in [0.05, 0.1) is 20.2 Å². The minimum atomic E-state index is -3.98. The molecule has 0 saturated heterocycles. The molecule has 0 unspecified atom stereocenters. The Morgan fingerprint density at radius 1 is 0.419 bits per heavy atom. The molecule has 0 aliphatic heterocycles. The molecule has 9 heteroatoms. The van der Waals surface area contributed by atoms with Crippen molar-refractivity contribution < 1.29 is 43.0 Å². The molecule has 0 aliphatic carbocycles. The molecular weight excluding hydrogens is 480 g/mol. The number of unbranched alkanes of at least 4 members (excludes halogenated alkanes) is 16. The van der Waals surface area contributed by atoms with Crippen LogP contribution in [-0.2, 0) is 37.3 Å². The average Bonchev–Trinajstić information content (AvgIpc) is 2.64. The Balaban J connectivity index is -0.000000490. The minimum Gasteiger partial charge on any atom is -0.748 e. The number of hydrogen-bond acceptors (Lipinski definition) is 6. The van der Waals surface area contributed by atoms with Crippen molar-refractivity contribution in [1.29, 1.82) is 0 Å². The van der Waals surface area contributed by atoms with E-state index in [4.69, 9.17) is 0 Å². The van der Waals surface area contributed by atoms with E-state index in [2.05, 4.69) is 13.8 Å². The molecular formula is C22H46FeO6S2. The van der Waals surface area contributed by atoms with Crippen molar-refractivity contribution in [2.75, 3.05) is 11.5 Å². The predicted molar refractivity (Wildman–Crippen MR) is 124 cm³/mol. The summed E-state index contributed by atoms with van der Waals surface area (Å²) in [7, 11) is -7.96. The fourth-order valence-electron chi connectivity index (χ4n) is 3.18. The van der Waals surface area contributed by atoms with Crippen molar-refractivity contribution in [3.05, 3.63) is 0 Å². The van der Waals surface area contributed by atoms with E-state index < -0.39 is 20.2 Å². The summed E-state index contributed by atoms with van der Waals surface area (Å²) in [5.41, 5.74) is 0. The van der Waals surface area contributed by atoms with Gasteiger partial charge in [-0.15, -0.1) is 0 Å². The molecule has 0 aliphatic rings. The van der Waals surface area contributed by atoms with Crippen LogP contribution < -0.4 is 0 Å². The van der Waals surface area contributed by atoms with Crippen molar-refractivity contribution >= 4 is 20.2 Å². The molecule has 0 spiro atoms. The van der Waals surface area contributed by atoms with Crippen LogP contribution in [0.15, 0.2) is 0 Å². The van der Waals surface area contributed by atoms with Crippen molar-refractivity contribution in [2.45, 2.75) is 129 Å². The molecule has 0 aromatic rings. The molecule has 0 N–H and O–H groups in total. The minimum absolute atomic E-state index is 0. The van der Waals surface area contributed by atoms with Crippen LogP contribution in [0.5, 0.6) is 0 Å². The van der Waals surface area contributed by atoms with Gasteiger partial charge in [0.15, 0.2) is 0 Å². The quantitative estimate of drug-likeness (QED) is 0.107. The van der Waals surface area contributed by atoms with Gasteiger partial charge in [-0.05, 0) is 12.8 Å². The van der Waals surface area contributed by atoms with Crippen molar-refractivity contribution in [1.82, 2.24) is 0 Å². The maximum absolute atomic E-state index is 10.3. The van der Waals surface area contributed by atoms with E-state index in [0.29, 0.717) is 12.8 Å². The zero-order chi connectivity index (χ0) is 23.1. The van der Waals surface area contributed by atoms with Gasteiger partial charge in [0.2, 0.25) is 0 Å². The van der Waals surface area contributed by atoms with Gasteiger partial charge in [0.1, 0.15) is 0 Å². The van der Waals surface area contributed by atoms with Crippen LogP contribution in [0.2, 0.25) is 0 Å². The Labute approximate surface area is 203 Å². The molecule has 0 bridgehead atoms. The Bertz CT molecular complexity index is 500. The summed E-state index contributed by atoms with van der Waals surface area (Å²) in [5, 5.41) is 0. The predicted octanol–water partition coefficient (Wildman–Crippen LogP) is 6.12. The molecule has 0 amide bonds. The summed E-state index contributed by atoms with van der Waals surface area (Å²) in [4.78, 5) is 0. The zero-order valence-electron chi connectivity index (χ0n) is 19.8. The first-order valence-electron chi connectivity index (χ1n) is 12.0. The molecule has 0 aromatic heterocycles. The summed E-state index contributed by atoms with van der Waals surface area (Å²) < 4.78 is 61.7. The Kier molecular flexibility index (Phi) is 28.9. The van der Waals surface area contributed by atoms with E-state index in [1.54, 1.807) is 0 Å². The smallest absolute Gasteiger partial charge is 0.748 e. The second-order valence-electron chi connectivity index (χ2n) is 8.18. The molecule has 0 rings (SSSR count). The fourth-order valence-corrected chi connectivity index (χ4v) is 4.29. The first kappa shape index (κ1) is 35.9. The summed E-state index contributed by atoms with van der Waals surface area (Å²) in [5.74, 6) is -0.383. The Morgan fingerprint density at radius 2 is 0.613 bits per heavy atom. The molecule has 0 atom stereocenters. The second-order valence-corrected chi connectivity index (χ2v) is 11.2. The van der Waals surface area contributed by atoms with Crippen LogP contribution in [0.25, 0.3) is 0 Å². The summed E-state index contributed by atoms with van der Waals surface area (Å²) in [6.45, 7) is 4.40. The standard InChI is InChI=1S/2C11H24O3S.Fe/c2*1-2-3-4-5-6-7-8-9-10-11-15(12,13)14;/h2*2-11H2,1H3,(H,12,13,14);/q;;+2/p-2. The number of rotatable bonds is 20. The average molecular weight is 527 g/mol. The van der Waals surface area contributed by atoms with Crippen LogP contribution in [0.4, 0.5) is 0 Å². The van der Waals surface area contributed by atoms with Crippen LogP contribution in [-0.4, -0.2) is 37.4 Å². The third kappa shape index (κ3) is 41.1. The SMILES string of the molecule is CCCCCCCCCCCS(=O)(=O)[O-].CCCCCCCCCCCS(=O)(=O)[O-].[Fe+2]. The second kappa shape index (κ2) is 25.0. The summed E-state index contributed by atoms with van der Waals surface area (Å²) >= 11 is 0. The summed E-state index contributed by atoms with van der Waals surface area (Å²) in [6.07, 6.45) is 20.1. The van der Waals surface area contributed by atoms with Crippen LogP contribution in [0, 0.1) is 0 Å². The zero-order valence-corrected chi connectivity index (χ0v) is 22.5. The maximum Gasteiger partial charge on any atom is 2.00 e. The van der Waals surface area contributed by atoms with Gasteiger partial charge in [0.25, 0.3) is 0 Å². The van der Waals surface area contributed by atoms with E-state index in [1.807, 2.05) is 0 Å². The van der Waals surface area contributed by atoms with Crippen LogP contribution in [0.1, 0.15) is 129 Å². The van der Waals surface area contributed by atoms with E-state index in [-0.39, 0.29) is 28.6 Å².